The van der Waals surface area contributed by atoms with Gasteiger partial charge in [-0.25, -0.2) is 4.52 Å². The van der Waals surface area contributed by atoms with Crippen molar-refractivity contribution >= 4 is 11.4 Å². The Morgan fingerprint density at radius 3 is 2.46 bits per heavy atom. The van der Waals surface area contributed by atoms with E-state index in [0.717, 1.165) is 35.3 Å². The van der Waals surface area contributed by atoms with E-state index < -0.39 is 0 Å². The number of carbonyl (C=O) groups is 1. The number of fused-ring (bicyclic) bond motifs is 1. The summed E-state index contributed by atoms with van der Waals surface area (Å²) in [6.45, 7) is 1.38. The highest BCUT2D eigenvalue weighted by atomic mass is 16.2. The third-order valence-corrected chi connectivity index (χ3v) is 5.24. The average Bonchev–Trinajstić information content (AvgIpc) is 3.41. The lowest BCUT2D eigenvalue weighted by Crippen LogP contribution is -2.28. The molecule has 0 saturated carbocycles. The number of nitrogens with zero attached hydrogens (tertiary/aromatic N) is 6. The molecular weight excluding hydrogens is 352 g/mol. The summed E-state index contributed by atoms with van der Waals surface area (Å²) in [7, 11) is 0. The van der Waals surface area contributed by atoms with E-state index in [1.807, 2.05) is 27.7 Å². The van der Waals surface area contributed by atoms with Gasteiger partial charge in [-0.1, -0.05) is 11.3 Å². The zero-order valence-corrected chi connectivity index (χ0v) is 15.1. The van der Waals surface area contributed by atoms with Gasteiger partial charge in [-0.05, 0) is 42.3 Å². The molecule has 1 aliphatic heterocycles. The van der Waals surface area contributed by atoms with Crippen molar-refractivity contribution in [2.45, 2.75) is 12.3 Å². The SMILES string of the molecule is O=C(c1ccncc1)N1CC[C@@H](c2nnn3cc(-c4ccncc4)ccc23)C1. The van der Waals surface area contributed by atoms with Gasteiger partial charge in [-0.2, -0.15) is 0 Å². The van der Waals surface area contributed by atoms with Gasteiger partial charge >= 0.3 is 0 Å². The van der Waals surface area contributed by atoms with Gasteiger partial charge in [0.15, 0.2) is 0 Å². The van der Waals surface area contributed by atoms with E-state index in [9.17, 15) is 4.79 Å². The van der Waals surface area contributed by atoms with Crippen LogP contribution < -0.4 is 0 Å². The second-order valence-corrected chi connectivity index (χ2v) is 6.93. The number of hydrogen-bond donors (Lipinski definition) is 0. The number of amides is 1. The fourth-order valence-electron chi connectivity index (χ4n) is 3.76. The second-order valence-electron chi connectivity index (χ2n) is 6.93. The maximum atomic E-state index is 12.7. The molecule has 0 spiro atoms. The number of rotatable bonds is 3. The molecule has 1 aliphatic rings. The lowest BCUT2D eigenvalue weighted by Gasteiger charge is -2.16. The first-order valence-electron chi connectivity index (χ1n) is 9.24. The molecule has 138 valence electrons. The number of aromatic nitrogens is 5. The van der Waals surface area contributed by atoms with Gasteiger partial charge in [0, 0.05) is 61.1 Å². The van der Waals surface area contributed by atoms with Crippen molar-refractivity contribution in [1.82, 2.24) is 29.7 Å². The van der Waals surface area contributed by atoms with Crippen LogP contribution in [0.25, 0.3) is 16.6 Å². The molecule has 0 aromatic carbocycles. The number of hydrogen-bond acceptors (Lipinski definition) is 5. The fraction of sp³-hybridized carbons (Fsp3) is 0.190. The van der Waals surface area contributed by atoms with Crippen molar-refractivity contribution in [2.24, 2.45) is 0 Å². The van der Waals surface area contributed by atoms with Gasteiger partial charge in [0.05, 0.1) is 11.2 Å². The van der Waals surface area contributed by atoms with Gasteiger partial charge < -0.3 is 4.90 Å². The molecule has 0 unspecified atom stereocenters. The van der Waals surface area contributed by atoms with Gasteiger partial charge in [0.25, 0.3) is 5.91 Å². The van der Waals surface area contributed by atoms with Crippen LogP contribution in [-0.2, 0) is 0 Å². The highest BCUT2D eigenvalue weighted by molar-refractivity contribution is 5.94. The first kappa shape index (κ1) is 16.6. The first-order valence-corrected chi connectivity index (χ1v) is 9.24. The molecule has 1 atom stereocenters. The van der Waals surface area contributed by atoms with E-state index in [1.54, 1.807) is 36.9 Å². The molecule has 7 heteroatoms. The molecule has 28 heavy (non-hydrogen) atoms. The van der Waals surface area contributed by atoms with Crippen molar-refractivity contribution in [1.29, 1.82) is 0 Å². The summed E-state index contributed by atoms with van der Waals surface area (Å²) in [4.78, 5) is 22.6. The van der Waals surface area contributed by atoms with E-state index in [-0.39, 0.29) is 11.8 Å². The fourth-order valence-corrected chi connectivity index (χ4v) is 3.76. The van der Waals surface area contributed by atoms with Crippen LogP contribution in [0, 0.1) is 0 Å². The minimum Gasteiger partial charge on any atom is -0.338 e. The summed E-state index contributed by atoms with van der Waals surface area (Å²) < 4.78 is 1.82. The predicted molar refractivity (Wildman–Crippen MR) is 104 cm³/mol. The van der Waals surface area contributed by atoms with Crippen LogP contribution in [0.3, 0.4) is 0 Å². The number of likely N-dealkylation sites (tertiary alicyclic amines) is 1. The monoisotopic (exact) mass is 370 g/mol. The smallest absolute Gasteiger partial charge is 0.253 e. The van der Waals surface area contributed by atoms with E-state index in [1.165, 1.54) is 0 Å². The van der Waals surface area contributed by atoms with Crippen LogP contribution in [-0.4, -0.2) is 48.7 Å². The number of pyridine rings is 3. The molecule has 4 aromatic heterocycles. The van der Waals surface area contributed by atoms with Crippen LogP contribution in [0.1, 0.15) is 28.4 Å². The molecule has 0 radical (unpaired) electrons. The highest BCUT2D eigenvalue weighted by Gasteiger charge is 2.30. The lowest BCUT2D eigenvalue weighted by atomic mass is 10.0. The van der Waals surface area contributed by atoms with Gasteiger partial charge in [-0.15, -0.1) is 5.10 Å². The molecular formula is C21H18N6O. The van der Waals surface area contributed by atoms with Gasteiger partial charge in [0.2, 0.25) is 0 Å². The van der Waals surface area contributed by atoms with Crippen LogP contribution in [0.2, 0.25) is 0 Å². The van der Waals surface area contributed by atoms with Gasteiger partial charge in [-0.3, -0.25) is 14.8 Å². The normalized spacial score (nSPS) is 16.6. The first-order chi connectivity index (χ1) is 13.8. The summed E-state index contributed by atoms with van der Waals surface area (Å²) in [5, 5.41) is 8.75. The van der Waals surface area contributed by atoms with Crippen molar-refractivity contribution in [3.05, 3.63) is 78.6 Å². The van der Waals surface area contributed by atoms with Crippen molar-refractivity contribution in [3.63, 3.8) is 0 Å². The quantitative estimate of drug-likeness (QED) is 0.554. The second kappa shape index (κ2) is 6.84. The Labute approximate surface area is 161 Å². The summed E-state index contributed by atoms with van der Waals surface area (Å²) in [5.41, 5.74) is 4.76. The third kappa shape index (κ3) is 2.90. The predicted octanol–water partition coefficient (Wildman–Crippen LogP) is 2.82. The van der Waals surface area contributed by atoms with Crippen molar-refractivity contribution < 1.29 is 4.79 Å². The highest BCUT2D eigenvalue weighted by Crippen LogP contribution is 2.30. The molecule has 1 fully saturated rings. The van der Waals surface area contributed by atoms with Crippen molar-refractivity contribution in [3.8, 4) is 11.1 Å². The standard InChI is InChI=1S/C21H18N6O/c28-21(16-5-10-23-11-6-16)26-12-7-18(13-26)20-19-2-1-17(14-27(19)25-24-20)15-3-8-22-9-4-15/h1-6,8-11,14,18H,7,12-13H2/t18-/m1/s1. The van der Waals surface area contributed by atoms with Crippen LogP contribution in [0.4, 0.5) is 0 Å². The summed E-state index contributed by atoms with van der Waals surface area (Å²) >= 11 is 0. The molecule has 1 saturated heterocycles. The summed E-state index contributed by atoms with van der Waals surface area (Å²) in [6.07, 6.45) is 9.72. The van der Waals surface area contributed by atoms with Gasteiger partial charge in [0.1, 0.15) is 0 Å². The Bertz CT molecular complexity index is 1130. The Morgan fingerprint density at radius 2 is 1.68 bits per heavy atom. The van der Waals surface area contributed by atoms with E-state index in [2.05, 4.69) is 32.4 Å². The van der Waals surface area contributed by atoms with Crippen molar-refractivity contribution in [2.75, 3.05) is 13.1 Å². The molecule has 0 bridgehead atoms. The Kier molecular flexibility index (Phi) is 4.05. The topological polar surface area (TPSA) is 76.3 Å². The minimum absolute atomic E-state index is 0.0429. The molecule has 0 N–H and O–H groups in total. The molecule has 5 heterocycles. The third-order valence-electron chi connectivity index (χ3n) is 5.24. The zero-order valence-electron chi connectivity index (χ0n) is 15.1. The largest absolute Gasteiger partial charge is 0.338 e. The Balaban J connectivity index is 1.39. The van der Waals surface area contributed by atoms with Crippen LogP contribution in [0.5, 0.6) is 0 Å². The molecule has 0 aliphatic carbocycles. The molecule has 4 aromatic rings. The lowest BCUT2D eigenvalue weighted by molar-refractivity contribution is 0.0790. The van der Waals surface area contributed by atoms with Crippen LogP contribution >= 0.6 is 0 Å². The summed E-state index contributed by atoms with van der Waals surface area (Å²) in [6, 6.07) is 11.6. The van der Waals surface area contributed by atoms with E-state index in [4.69, 9.17) is 0 Å². The molecule has 5 rings (SSSR count). The number of carbonyl (C=O) groups excluding carboxylic acids is 1. The zero-order chi connectivity index (χ0) is 18.9. The maximum Gasteiger partial charge on any atom is 0.253 e. The van der Waals surface area contributed by atoms with E-state index >= 15 is 0 Å². The average molecular weight is 370 g/mol. The molecule has 7 nitrogen and oxygen atoms in total. The Morgan fingerprint density at radius 1 is 0.929 bits per heavy atom. The summed E-state index contributed by atoms with van der Waals surface area (Å²) in [5.74, 6) is 0.233. The molecule has 1 amide bonds. The maximum absolute atomic E-state index is 12.7. The minimum atomic E-state index is 0.0429. The van der Waals surface area contributed by atoms with E-state index in [0.29, 0.717) is 12.1 Å². The van der Waals surface area contributed by atoms with Crippen LogP contribution in [0.15, 0.2) is 67.4 Å². The Hall–Kier alpha value is -3.61.